The predicted octanol–water partition coefficient (Wildman–Crippen LogP) is 2.67. The molecule has 1 amide bonds. The molecule has 1 aliphatic heterocycles. The molecule has 34 heavy (non-hydrogen) atoms. The van der Waals surface area contributed by atoms with Crippen molar-refractivity contribution < 1.29 is 17.9 Å². The molecule has 0 spiro atoms. The average molecular weight is 478 g/mol. The molecular formula is C24H23N5O4S. The Balaban J connectivity index is 1.60. The van der Waals surface area contributed by atoms with E-state index < -0.39 is 9.84 Å². The number of hydrogen-bond acceptors (Lipinski definition) is 7. The van der Waals surface area contributed by atoms with Crippen LogP contribution in [0.25, 0.3) is 28.0 Å². The van der Waals surface area contributed by atoms with E-state index >= 15 is 0 Å². The Kier molecular flexibility index (Phi) is 5.62. The lowest BCUT2D eigenvalue weighted by molar-refractivity contribution is 0.0303. The van der Waals surface area contributed by atoms with Gasteiger partial charge in [0.25, 0.3) is 11.9 Å². The summed E-state index contributed by atoms with van der Waals surface area (Å²) in [6, 6.07) is 12.9. The van der Waals surface area contributed by atoms with Gasteiger partial charge in [0.05, 0.1) is 18.7 Å². The van der Waals surface area contributed by atoms with Crippen molar-refractivity contribution in [1.29, 1.82) is 0 Å². The van der Waals surface area contributed by atoms with Crippen molar-refractivity contribution in [3.63, 3.8) is 0 Å². The van der Waals surface area contributed by atoms with Gasteiger partial charge in [-0.1, -0.05) is 29.8 Å². The molecule has 4 aromatic rings. The number of morpholine rings is 1. The molecule has 1 fully saturated rings. The number of hydrogen-bond donors (Lipinski definition) is 0. The van der Waals surface area contributed by atoms with Gasteiger partial charge in [-0.25, -0.2) is 18.4 Å². The highest BCUT2D eigenvalue weighted by Gasteiger charge is 2.24. The maximum atomic E-state index is 13.0. The molecule has 9 nitrogen and oxygen atoms in total. The van der Waals surface area contributed by atoms with E-state index in [1.165, 1.54) is 4.68 Å². The number of nitrogens with zero attached hydrogens (tertiary/aromatic N) is 5. The zero-order chi connectivity index (χ0) is 23.9. The van der Waals surface area contributed by atoms with E-state index in [4.69, 9.17) is 4.74 Å². The zero-order valence-corrected chi connectivity index (χ0v) is 19.6. The van der Waals surface area contributed by atoms with Crippen LogP contribution < -0.4 is 0 Å². The van der Waals surface area contributed by atoms with Crippen molar-refractivity contribution in [2.75, 3.05) is 32.6 Å². The summed E-state index contributed by atoms with van der Waals surface area (Å²) in [6.45, 7) is 4.01. The van der Waals surface area contributed by atoms with E-state index in [-0.39, 0.29) is 16.9 Å². The summed E-state index contributed by atoms with van der Waals surface area (Å²) >= 11 is 0. The van der Waals surface area contributed by atoms with Crippen molar-refractivity contribution in [1.82, 2.24) is 24.6 Å². The number of sulfone groups is 1. The highest BCUT2D eigenvalue weighted by atomic mass is 32.2. The van der Waals surface area contributed by atoms with Gasteiger partial charge in [-0.05, 0) is 30.7 Å². The standard InChI is InChI=1S/C24H23N5O4S/c1-16-4-3-5-17(12-16)19-14-25-24(26-15-19)29-21-13-18(23(30)28-8-10-33-11-9-28)6-7-20(21)22(27-29)34(2,31)32/h3-7,12-15H,8-11H2,1-2H3. The van der Waals surface area contributed by atoms with Crippen molar-refractivity contribution in [2.24, 2.45) is 0 Å². The molecule has 0 radical (unpaired) electrons. The van der Waals surface area contributed by atoms with E-state index in [0.29, 0.717) is 42.8 Å². The lowest BCUT2D eigenvalue weighted by atomic mass is 10.1. The van der Waals surface area contributed by atoms with E-state index in [1.807, 2.05) is 31.2 Å². The van der Waals surface area contributed by atoms with E-state index in [9.17, 15) is 13.2 Å². The fraction of sp³-hybridized carbons (Fsp3) is 0.250. The smallest absolute Gasteiger partial charge is 0.254 e. The Hall–Kier alpha value is -3.63. The minimum atomic E-state index is -3.63. The summed E-state index contributed by atoms with van der Waals surface area (Å²) < 4.78 is 31.6. The molecule has 1 aliphatic rings. The van der Waals surface area contributed by atoms with Gasteiger partial charge in [0.2, 0.25) is 0 Å². The molecule has 0 bridgehead atoms. The monoisotopic (exact) mass is 477 g/mol. The second-order valence-corrected chi connectivity index (χ2v) is 10.2. The second kappa shape index (κ2) is 8.62. The number of ether oxygens (including phenoxy) is 1. The third-order valence-corrected chi connectivity index (χ3v) is 6.73. The van der Waals surface area contributed by atoms with E-state index in [1.54, 1.807) is 35.5 Å². The highest BCUT2D eigenvalue weighted by molar-refractivity contribution is 7.90. The van der Waals surface area contributed by atoms with Gasteiger partial charge in [0, 0.05) is 48.3 Å². The van der Waals surface area contributed by atoms with Gasteiger partial charge in [-0.15, -0.1) is 0 Å². The van der Waals surface area contributed by atoms with Gasteiger partial charge < -0.3 is 9.64 Å². The van der Waals surface area contributed by atoms with Crippen LogP contribution in [0.15, 0.2) is 59.9 Å². The highest BCUT2D eigenvalue weighted by Crippen LogP contribution is 2.27. The van der Waals surface area contributed by atoms with Gasteiger partial charge in [-0.3, -0.25) is 4.79 Å². The summed E-state index contributed by atoms with van der Waals surface area (Å²) in [7, 11) is -3.63. The summed E-state index contributed by atoms with van der Waals surface area (Å²) in [5.74, 6) is 0.0712. The number of carbonyl (C=O) groups is 1. The quantitative estimate of drug-likeness (QED) is 0.445. The Bertz CT molecular complexity index is 1490. The second-order valence-electron chi connectivity index (χ2n) is 8.27. The lowest BCUT2D eigenvalue weighted by Crippen LogP contribution is -2.40. The molecule has 1 saturated heterocycles. The maximum absolute atomic E-state index is 13.0. The molecule has 3 heterocycles. The minimum absolute atomic E-state index is 0.0840. The van der Waals surface area contributed by atoms with Crippen LogP contribution in [0.4, 0.5) is 0 Å². The molecule has 0 aliphatic carbocycles. The molecule has 5 rings (SSSR count). The maximum Gasteiger partial charge on any atom is 0.254 e. The van der Waals surface area contributed by atoms with Crippen LogP contribution in [0, 0.1) is 6.92 Å². The van der Waals surface area contributed by atoms with Crippen LogP contribution in [0.2, 0.25) is 0 Å². The Morgan fingerprint density at radius 2 is 1.74 bits per heavy atom. The van der Waals surface area contributed by atoms with Gasteiger partial charge in [0.1, 0.15) is 0 Å². The van der Waals surface area contributed by atoms with Crippen LogP contribution >= 0.6 is 0 Å². The molecule has 2 aromatic heterocycles. The molecule has 0 atom stereocenters. The van der Waals surface area contributed by atoms with Crippen LogP contribution in [0.3, 0.4) is 0 Å². The third kappa shape index (κ3) is 4.17. The van der Waals surface area contributed by atoms with Crippen LogP contribution in [0.1, 0.15) is 15.9 Å². The number of aromatic nitrogens is 4. The zero-order valence-electron chi connectivity index (χ0n) is 18.8. The number of amides is 1. The summed E-state index contributed by atoms with van der Waals surface area (Å²) in [6.07, 6.45) is 4.45. The normalized spacial score (nSPS) is 14.5. The SMILES string of the molecule is Cc1cccc(-c2cnc(-n3nc(S(C)(=O)=O)c4ccc(C(=O)N5CCOCC5)cc43)nc2)c1. The van der Waals surface area contributed by atoms with Crippen LogP contribution in [0.5, 0.6) is 0 Å². The molecule has 0 unspecified atom stereocenters. The Morgan fingerprint density at radius 3 is 2.41 bits per heavy atom. The molecule has 0 saturated carbocycles. The van der Waals surface area contributed by atoms with E-state index in [2.05, 4.69) is 15.1 Å². The largest absolute Gasteiger partial charge is 0.378 e. The van der Waals surface area contributed by atoms with Crippen molar-refractivity contribution in [3.05, 3.63) is 66.0 Å². The summed E-state index contributed by atoms with van der Waals surface area (Å²) in [5.41, 5.74) is 3.81. The number of carbonyl (C=O) groups excluding carboxylic acids is 1. The first-order valence-corrected chi connectivity index (χ1v) is 12.7. The first-order chi connectivity index (χ1) is 16.3. The van der Waals surface area contributed by atoms with Gasteiger partial charge >= 0.3 is 0 Å². The predicted molar refractivity (Wildman–Crippen MR) is 127 cm³/mol. The van der Waals surface area contributed by atoms with Crippen molar-refractivity contribution in [3.8, 4) is 17.1 Å². The summed E-state index contributed by atoms with van der Waals surface area (Å²) in [5, 5.41) is 4.64. The number of rotatable bonds is 4. The van der Waals surface area contributed by atoms with Crippen molar-refractivity contribution >= 4 is 26.6 Å². The third-order valence-electron chi connectivity index (χ3n) is 5.72. The van der Waals surface area contributed by atoms with Crippen molar-refractivity contribution in [2.45, 2.75) is 11.9 Å². The van der Waals surface area contributed by atoms with Gasteiger partial charge in [-0.2, -0.15) is 9.78 Å². The molecule has 0 N–H and O–H groups in total. The first kappa shape index (κ1) is 22.2. The van der Waals surface area contributed by atoms with Gasteiger partial charge in [0.15, 0.2) is 14.9 Å². The Labute approximate surface area is 196 Å². The fourth-order valence-electron chi connectivity index (χ4n) is 4.00. The van der Waals surface area contributed by atoms with Crippen LogP contribution in [-0.2, 0) is 14.6 Å². The number of benzene rings is 2. The van der Waals surface area contributed by atoms with E-state index in [0.717, 1.165) is 22.9 Å². The molecule has 2 aromatic carbocycles. The number of aryl methyl sites for hydroxylation is 1. The topological polar surface area (TPSA) is 107 Å². The first-order valence-electron chi connectivity index (χ1n) is 10.8. The van der Waals surface area contributed by atoms with Crippen LogP contribution in [-0.4, -0.2) is 71.5 Å². The molecule has 174 valence electrons. The average Bonchev–Trinajstić information content (AvgIpc) is 3.24. The summed E-state index contributed by atoms with van der Waals surface area (Å²) in [4.78, 5) is 23.6. The lowest BCUT2D eigenvalue weighted by Gasteiger charge is -2.26. The fourth-order valence-corrected chi connectivity index (χ4v) is 4.80. The molecular weight excluding hydrogens is 454 g/mol. The Morgan fingerprint density at radius 1 is 1.00 bits per heavy atom. The minimum Gasteiger partial charge on any atom is -0.378 e. The number of fused-ring (bicyclic) bond motifs is 1. The molecule has 10 heteroatoms.